The van der Waals surface area contributed by atoms with Crippen LogP contribution in [0.15, 0.2) is 0 Å². The molecule has 1 radical (unpaired) electrons. The van der Waals surface area contributed by atoms with Gasteiger partial charge in [-0.2, -0.15) is 0 Å². The smallest absolute Gasteiger partial charge is 0.358 e. The molecule has 41 valence electrons. The topological polar surface area (TPSA) is 84.7 Å². The highest BCUT2D eigenvalue weighted by atomic mass is 16.6. The Morgan fingerprint density at radius 2 is 2.62 bits per heavy atom. The Hall–Kier alpha value is -1.46. The molecule has 1 rings (SSSR count). The van der Waals surface area contributed by atoms with E-state index in [1.54, 1.807) is 0 Å². The maximum absolute atomic E-state index is 9.71. The van der Waals surface area contributed by atoms with E-state index in [0.717, 1.165) is 0 Å². The predicted molar refractivity (Wildman–Crippen MR) is 21.9 cm³/mol. The molecule has 0 aliphatic rings. The maximum atomic E-state index is 9.71. The second-order valence-corrected chi connectivity index (χ2v) is 1.02. The SMILES string of the molecule is O=[N+]([O-])c1[c][nH]nn1. The van der Waals surface area contributed by atoms with Crippen molar-refractivity contribution in [1.82, 2.24) is 15.4 Å². The first kappa shape index (κ1) is 4.69. The van der Waals surface area contributed by atoms with E-state index in [-0.39, 0.29) is 5.82 Å². The third-order valence-corrected chi connectivity index (χ3v) is 0.535. The largest absolute Gasteiger partial charge is 0.420 e. The Labute approximate surface area is 43.7 Å². The van der Waals surface area contributed by atoms with Gasteiger partial charge in [-0.05, 0) is 4.92 Å². The normalized spacial score (nSPS) is 9.00. The van der Waals surface area contributed by atoms with E-state index in [9.17, 15) is 10.1 Å². The lowest BCUT2D eigenvalue weighted by Crippen LogP contribution is -1.86. The minimum Gasteiger partial charge on any atom is -0.358 e. The second kappa shape index (κ2) is 1.57. The van der Waals surface area contributed by atoms with Crippen LogP contribution in [0.1, 0.15) is 0 Å². The van der Waals surface area contributed by atoms with Gasteiger partial charge in [0.15, 0.2) is 6.20 Å². The first-order chi connectivity index (χ1) is 3.80. The molecule has 0 unspecified atom stereocenters. The summed E-state index contributed by atoms with van der Waals surface area (Å²) in [5, 5.41) is 17.9. The van der Waals surface area contributed by atoms with Crippen LogP contribution in [-0.4, -0.2) is 20.3 Å². The van der Waals surface area contributed by atoms with Crippen LogP contribution in [0.5, 0.6) is 0 Å². The Kier molecular flexibility index (Phi) is 0.918. The van der Waals surface area contributed by atoms with Gasteiger partial charge < -0.3 is 10.1 Å². The zero-order valence-corrected chi connectivity index (χ0v) is 3.66. The first-order valence-electron chi connectivity index (χ1n) is 1.74. The van der Waals surface area contributed by atoms with Gasteiger partial charge >= 0.3 is 5.82 Å². The summed E-state index contributed by atoms with van der Waals surface area (Å²) in [4.78, 5) is 9.04. The lowest BCUT2D eigenvalue weighted by Gasteiger charge is -1.78. The van der Waals surface area contributed by atoms with Crippen LogP contribution < -0.4 is 0 Å². The van der Waals surface area contributed by atoms with Gasteiger partial charge in [-0.1, -0.05) is 0 Å². The summed E-state index contributed by atoms with van der Waals surface area (Å²) in [5.41, 5.74) is 0. The van der Waals surface area contributed by atoms with Crippen LogP contribution in [0.3, 0.4) is 0 Å². The van der Waals surface area contributed by atoms with E-state index in [0.29, 0.717) is 0 Å². The summed E-state index contributed by atoms with van der Waals surface area (Å²) in [6.07, 6.45) is 2.09. The molecule has 8 heavy (non-hydrogen) atoms. The number of nitrogens with one attached hydrogen (secondary N) is 1. The Balaban J connectivity index is 2.93. The molecule has 1 N–H and O–H groups in total. The van der Waals surface area contributed by atoms with E-state index >= 15 is 0 Å². The highest BCUT2D eigenvalue weighted by molar-refractivity contribution is 5.04. The van der Waals surface area contributed by atoms with Crippen molar-refractivity contribution in [1.29, 1.82) is 0 Å². The summed E-state index contributed by atoms with van der Waals surface area (Å²) < 4.78 is 0. The van der Waals surface area contributed by atoms with Crippen LogP contribution in [0.25, 0.3) is 0 Å². The number of hydrogen-bond acceptors (Lipinski definition) is 4. The molecule has 0 saturated carbocycles. The molecule has 1 aromatic heterocycles. The second-order valence-electron chi connectivity index (χ2n) is 1.02. The van der Waals surface area contributed by atoms with Crippen molar-refractivity contribution in [2.75, 3.05) is 0 Å². The quantitative estimate of drug-likeness (QED) is 0.393. The molecule has 1 heterocycles. The molecule has 0 spiro atoms. The summed E-state index contributed by atoms with van der Waals surface area (Å²) >= 11 is 0. The Morgan fingerprint density at radius 3 is 2.88 bits per heavy atom. The number of aromatic nitrogens is 3. The van der Waals surface area contributed by atoms with Gasteiger partial charge in [-0.15, -0.1) is 0 Å². The fourth-order valence-corrected chi connectivity index (χ4v) is 0.255. The average molecular weight is 113 g/mol. The number of hydrogen-bond donors (Lipinski definition) is 1. The lowest BCUT2D eigenvalue weighted by atomic mass is 10.8. The summed E-state index contributed by atoms with van der Waals surface area (Å²) in [7, 11) is 0. The molecule has 0 bridgehead atoms. The number of H-pyrrole nitrogens is 1. The van der Waals surface area contributed by atoms with Gasteiger partial charge in [-0.25, -0.2) is 5.10 Å². The molecular formula is C2HN4O2. The molecule has 0 fully saturated rings. The molecule has 0 aliphatic carbocycles. The maximum Gasteiger partial charge on any atom is 0.420 e. The lowest BCUT2D eigenvalue weighted by molar-refractivity contribution is -0.389. The number of aromatic amines is 1. The number of rotatable bonds is 1. The van der Waals surface area contributed by atoms with Crippen LogP contribution in [0.4, 0.5) is 5.82 Å². The van der Waals surface area contributed by atoms with Crippen molar-refractivity contribution >= 4 is 5.82 Å². The minimum absolute atomic E-state index is 0.384. The third-order valence-electron chi connectivity index (χ3n) is 0.535. The van der Waals surface area contributed by atoms with Gasteiger partial charge in [0.05, 0.1) is 5.21 Å². The summed E-state index contributed by atoms with van der Waals surface area (Å²) in [6.45, 7) is 0. The minimum atomic E-state index is -0.677. The Bertz CT molecular complexity index is 180. The van der Waals surface area contributed by atoms with Crippen molar-refractivity contribution in [2.45, 2.75) is 0 Å². The van der Waals surface area contributed by atoms with E-state index in [1.165, 1.54) is 0 Å². The molecule has 6 nitrogen and oxygen atoms in total. The fraction of sp³-hybridized carbons (Fsp3) is 0. The zero-order valence-electron chi connectivity index (χ0n) is 3.66. The van der Waals surface area contributed by atoms with Gasteiger partial charge in [0.2, 0.25) is 0 Å². The third kappa shape index (κ3) is 0.625. The van der Waals surface area contributed by atoms with Crippen molar-refractivity contribution < 1.29 is 4.92 Å². The molecule has 0 saturated heterocycles. The van der Waals surface area contributed by atoms with Gasteiger partial charge in [0, 0.05) is 0 Å². The van der Waals surface area contributed by atoms with Crippen LogP contribution in [-0.2, 0) is 0 Å². The average Bonchev–Trinajstić information content (AvgIpc) is 2.12. The molecule has 0 atom stereocenters. The molecule has 0 aromatic carbocycles. The van der Waals surface area contributed by atoms with Crippen LogP contribution in [0, 0.1) is 16.3 Å². The number of nitrogens with zero attached hydrogens (tertiary/aromatic N) is 3. The number of nitro groups is 1. The van der Waals surface area contributed by atoms with Gasteiger partial charge in [0.1, 0.15) is 5.10 Å². The van der Waals surface area contributed by atoms with Crippen LogP contribution >= 0.6 is 0 Å². The first-order valence-corrected chi connectivity index (χ1v) is 1.74. The van der Waals surface area contributed by atoms with Crippen molar-refractivity contribution in [3.63, 3.8) is 0 Å². The highest BCUT2D eigenvalue weighted by Crippen LogP contribution is 1.96. The predicted octanol–water partition coefficient (Wildman–Crippen LogP) is -0.487. The van der Waals surface area contributed by atoms with Crippen molar-refractivity contribution in [3.05, 3.63) is 16.3 Å². The zero-order chi connectivity index (χ0) is 5.98. The highest BCUT2D eigenvalue weighted by Gasteiger charge is 2.06. The molecule has 6 heteroatoms. The van der Waals surface area contributed by atoms with E-state index in [1.807, 2.05) is 0 Å². The molecule has 0 amide bonds. The molecule has 1 aromatic rings. The monoisotopic (exact) mass is 113 g/mol. The van der Waals surface area contributed by atoms with E-state index < -0.39 is 4.92 Å². The standard InChI is InChI=1S/C2HN4O2/c7-6(8)2-1-3-5-4-2/h(H,3,4,5). The van der Waals surface area contributed by atoms with Gasteiger partial charge in [0.25, 0.3) is 0 Å². The van der Waals surface area contributed by atoms with Crippen molar-refractivity contribution in [3.8, 4) is 0 Å². The molecular weight excluding hydrogens is 112 g/mol. The van der Waals surface area contributed by atoms with Crippen LogP contribution in [0.2, 0.25) is 0 Å². The summed E-state index contributed by atoms with van der Waals surface area (Å²) in [6, 6.07) is 0. The van der Waals surface area contributed by atoms with Crippen molar-refractivity contribution in [2.24, 2.45) is 0 Å². The van der Waals surface area contributed by atoms with Gasteiger partial charge in [-0.3, -0.25) is 0 Å². The Morgan fingerprint density at radius 1 is 1.88 bits per heavy atom. The summed E-state index contributed by atoms with van der Waals surface area (Å²) in [5.74, 6) is -0.384. The van der Waals surface area contributed by atoms with E-state index in [2.05, 4.69) is 21.6 Å². The van der Waals surface area contributed by atoms with E-state index in [4.69, 9.17) is 0 Å². The molecule has 0 aliphatic heterocycles. The fourth-order valence-electron chi connectivity index (χ4n) is 0.255.